The van der Waals surface area contributed by atoms with Crippen molar-refractivity contribution in [1.29, 1.82) is 0 Å². The van der Waals surface area contributed by atoms with Crippen LogP contribution in [0.3, 0.4) is 0 Å². The van der Waals surface area contributed by atoms with Gasteiger partial charge >= 0.3 is 0 Å². The van der Waals surface area contributed by atoms with Gasteiger partial charge in [-0.3, -0.25) is 0 Å². The summed E-state index contributed by atoms with van der Waals surface area (Å²) < 4.78 is 0.853. The predicted molar refractivity (Wildman–Crippen MR) is 90.4 cm³/mol. The van der Waals surface area contributed by atoms with Crippen LogP contribution in [0.15, 0.2) is 36.4 Å². The summed E-state index contributed by atoms with van der Waals surface area (Å²) in [4.78, 5) is 1.32. The molecule has 0 aliphatic heterocycles. The van der Waals surface area contributed by atoms with Crippen LogP contribution in [0.5, 0.6) is 0 Å². The van der Waals surface area contributed by atoms with Crippen LogP contribution in [-0.4, -0.2) is 13.1 Å². The monoisotopic (exact) mass is 327 g/mol. The molecule has 0 spiro atoms. The predicted octanol–water partition coefficient (Wildman–Crippen LogP) is 5.38. The smallest absolute Gasteiger partial charge is 0.0931 e. The first-order valence-corrected chi connectivity index (χ1v) is 8.46. The van der Waals surface area contributed by atoms with E-state index >= 15 is 0 Å². The Morgan fingerprint density at radius 1 is 1.20 bits per heavy atom. The Morgan fingerprint density at radius 3 is 2.70 bits per heavy atom. The summed E-state index contributed by atoms with van der Waals surface area (Å²) in [5.41, 5.74) is 1.28. The average Bonchev–Trinajstić information content (AvgIpc) is 2.83. The third-order valence-electron chi connectivity index (χ3n) is 3.21. The second kappa shape index (κ2) is 8.04. The van der Waals surface area contributed by atoms with E-state index in [2.05, 4.69) is 30.4 Å². The van der Waals surface area contributed by atoms with Gasteiger partial charge in [0.1, 0.15) is 0 Å². The lowest BCUT2D eigenvalue weighted by Gasteiger charge is -2.17. The third-order valence-corrected chi connectivity index (χ3v) is 4.70. The lowest BCUT2D eigenvalue weighted by molar-refractivity contribution is 0.579. The molecule has 2 aromatic rings. The normalized spacial score (nSPS) is 12.6. The first-order chi connectivity index (χ1) is 9.69. The Balaban J connectivity index is 2.11. The summed E-state index contributed by atoms with van der Waals surface area (Å²) in [6, 6.07) is 12.2. The van der Waals surface area contributed by atoms with Crippen molar-refractivity contribution in [2.75, 3.05) is 13.1 Å². The maximum atomic E-state index is 6.12. The molecule has 0 aliphatic carbocycles. The molecule has 0 saturated carbocycles. The molecule has 0 fully saturated rings. The second-order valence-corrected chi connectivity index (χ2v) is 7.10. The number of rotatable bonds is 7. The highest BCUT2D eigenvalue weighted by Crippen LogP contribution is 2.28. The van der Waals surface area contributed by atoms with Crippen molar-refractivity contribution in [1.82, 2.24) is 5.32 Å². The molecule has 0 bridgehead atoms. The van der Waals surface area contributed by atoms with Gasteiger partial charge in [-0.05, 0) is 49.2 Å². The van der Waals surface area contributed by atoms with Gasteiger partial charge in [0.05, 0.1) is 4.34 Å². The summed E-state index contributed by atoms with van der Waals surface area (Å²) in [6.45, 7) is 4.19. The van der Waals surface area contributed by atoms with Gasteiger partial charge in [-0.1, -0.05) is 42.3 Å². The van der Waals surface area contributed by atoms with Gasteiger partial charge in [0.15, 0.2) is 0 Å². The van der Waals surface area contributed by atoms with E-state index < -0.39 is 0 Å². The molecular weight excluding hydrogens is 309 g/mol. The zero-order chi connectivity index (χ0) is 14.4. The summed E-state index contributed by atoms with van der Waals surface area (Å²) in [5, 5.41) is 4.31. The number of benzene rings is 1. The minimum absolute atomic E-state index is 0.426. The van der Waals surface area contributed by atoms with E-state index in [0.717, 1.165) is 35.3 Å². The number of halogens is 2. The Morgan fingerprint density at radius 2 is 2.05 bits per heavy atom. The first-order valence-electron chi connectivity index (χ1n) is 6.89. The van der Waals surface area contributed by atoms with Crippen LogP contribution in [0.25, 0.3) is 0 Å². The van der Waals surface area contributed by atoms with Crippen LogP contribution in [-0.2, 0) is 6.42 Å². The highest BCUT2D eigenvalue weighted by Gasteiger charge is 2.14. The van der Waals surface area contributed by atoms with Crippen LogP contribution >= 0.6 is 34.5 Å². The van der Waals surface area contributed by atoms with Gasteiger partial charge in [-0.25, -0.2) is 0 Å². The van der Waals surface area contributed by atoms with Gasteiger partial charge < -0.3 is 5.32 Å². The fraction of sp³-hybridized carbons (Fsp3) is 0.375. The summed E-state index contributed by atoms with van der Waals surface area (Å²) in [7, 11) is 0. The quantitative estimate of drug-likeness (QED) is 0.673. The van der Waals surface area contributed by atoms with Crippen molar-refractivity contribution in [3.8, 4) is 0 Å². The van der Waals surface area contributed by atoms with Crippen molar-refractivity contribution < 1.29 is 0 Å². The van der Waals surface area contributed by atoms with E-state index in [0.29, 0.717) is 5.92 Å². The van der Waals surface area contributed by atoms with Gasteiger partial charge in [0.2, 0.25) is 0 Å². The van der Waals surface area contributed by atoms with Gasteiger partial charge in [0, 0.05) is 22.4 Å². The van der Waals surface area contributed by atoms with Gasteiger partial charge in [0.25, 0.3) is 0 Å². The Bertz CT molecular complexity index is 539. The topological polar surface area (TPSA) is 12.0 Å². The van der Waals surface area contributed by atoms with Crippen molar-refractivity contribution in [3.63, 3.8) is 0 Å². The van der Waals surface area contributed by atoms with Crippen LogP contribution in [0.1, 0.15) is 29.7 Å². The largest absolute Gasteiger partial charge is 0.316 e. The molecule has 108 valence electrons. The molecule has 1 N–H and O–H groups in total. The minimum atomic E-state index is 0.426. The summed E-state index contributed by atoms with van der Waals surface area (Å²) >= 11 is 13.8. The van der Waals surface area contributed by atoms with E-state index in [-0.39, 0.29) is 0 Å². The van der Waals surface area contributed by atoms with Crippen LogP contribution in [0.2, 0.25) is 9.36 Å². The molecule has 4 heteroatoms. The van der Waals surface area contributed by atoms with E-state index in [9.17, 15) is 0 Å². The maximum Gasteiger partial charge on any atom is 0.0931 e. The molecular formula is C16H19Cl2NS. The Hall–Kier alpha value is -0.540. The molecule has 2 rings (SSSR count). The van der Waals surface area contributed by atoms with Crippen LogP contribution in [0.4, 0.5) is 0 Å². The van der Waals surface area contributed by atoms with E-state index in [1.54, 1.807) is 11.3 Å². The molecule has 0 amide bonds. The molecule has 1 unspecified atom stereocenters. The molecule has 1 aromatic carbocycles. The van der Waals surface area contributed by atoms with Crippen molar-refractivity contribution >= 4 is 34.5 Å². The molecule has 1 aromatic heterocycles. The maximum absolute atomic E-state index is 6.12. The average molecular weight is 328 g/mol. The lowest BCUT2D eigenvalue weighted by Crippen LogP contribution is -2.23. The second-order valence-electron chi connectivity index (χ2n) is 4.87. The Kier molecular flexibility index (Phi) is 6.37. The fourth-order valence-electron chi connectivity index (χ4n) is 2.23. The van der Waals surface area contributed by atoms with Gasteiger partial charge in [-0.2, -0.15) is 0 Å². The first kappa shape index (κ1) is 15.8. The van der Waals surface area contributed by atoms with Crippen molar-refractivity contribution in [2.24, 2.45) is 0 Å². The number of nitrogens with one attached hydrogen (secondary N) is 1. The van der Waals surface area contributed by atoms with Crippen LogP contribution in [0, 0.1) is 0 Å². The summed E-state index contributed by atoms with van der Waals surface area (Å²) in [6.07, 6.45) is 2.14. The zero-order valence-corrected chi connectivity index (χ0v) is 13.9. The van der Waals surface area contributed by atoms with Gasteiger partial charge in [-0.15, -0.1) is 11.3 Å². The number of hydrogen-bond acceptors (Lipinski definition) is 2. The third kappa shape index (κ3) is 4.78. The number of thiophene rings is 1. The zero-order valence-electron chi connectivity index (χ0n) is 11.5. The molecule has 20 heavy (non-hydrogen) atoms. The van der Waals surface area contributed by atoms with Crippen molar-refractivity contribution in [3.05, 3.63) is 56.2 Å². The van der Waals surface area contributed by atoms with Crippen LogP contribution < -0.4 is 5.32 Å². The lowest BCUT2D eigenvalue weighted by atomic mass is 9.95. The molecule has 0 saturated heterocycles. The highest BCUT2D eigenvalue weighted by atomic mass is 35.5. The standard InChI is InChI=1S/C16H19Cl2NS/c1-2-8-19-11-13(10-15-6-7-16(18)20-15)12-4-3-5-14(17)9-12/h3-7,9,13,19H,2,8,10-11H2,1H3. The van der Waals surface area contributed by atoms with E-state index in [1.807, 2.05) is 18.2 Å². The fourth-order valence-corrected chi connectivity index (χ4v) is 3.59. The highest BCUT2D eigenvalue weighted by molar-refractivity contribution is 7.16. The molecule has 1 nitrogen and oxygen atoms in total. The molecule has 1 heterocycles. The molecule has 1 atom stereocenters. The minimum Gasteiger partial charge on any atom is -0.316 e. The molecule has 0 aliphatic rings. The Labute approximate surface area is 134 Å². The summed E-state index contributed by atoms with van der Waals surface area (Å²) in [5.74, 6) is 0.426. The van der Waals surface area contributed by atoms with E-state index in [1.165, 1.54) is 10.4 Å². The molecule has 0 radical (unpaired) electrons. The van der Waals surface area contributed by atoms with Crippen molar-refractivity contribution in [2.45, 2.75) is 25.7 Å². The SMILES string of the molecule is CCCNCC(Cc1ccc(Cl)s1)c1cccc(Cl)c1. The number of hydrogen-bond donors (Lipinski definition) is 1. The van der Waals surface area contributed by atoms with E-state index in [4.69, 9.17) is 23.2 Å².